The van der Waals surface area contributed by atoms with Crippen LogP contribution in [0.2, 0.25) is 0 Å². The van der Waals surface area contributed by atoms with Gasteiger partial charge in [-0.05, 0) is 54.8 Å². The Morgan fingerprint density at radius 2 is 1.88 bits per heavy atom. The van der Waals surface area contributed by atoms with E-state index in [2.05, 4.69) is 5.32 Å². The van der Waals surface area contributed by atoms with Gasteiger partial charge in [-0.2, -0.15) is 4.31 Å². The van der Waals surface area contributed by atoms with Crippen LogP contribution in [0, 0.1) is 11.6 Å². The van der Waals surface area contributed by atoms with Crippen molar-refractivity contribution < 1.29 is 22.0 Å². The Bertz CT molecular complexity index is 961. The Balaban J connectivity index is 1.79. The number of hydrogen-bond acceptors (Lipinski definition) is 3. The standard InChI is InChI=1S/C18H18F2N2O3S/c1-2-26(24,25)22-8-7-12-3-5-15(9-14(12)11-22)21-18(23)13-4-6-16(19)17(20)10-13/h3-6,9-10H,2,7-8,11H2,1H3,(H,21,23). The number of nitrogens with zero attached hydrogens (tertiary/aromatic N) is 1. The third-order valence-electron chi connectivity index (χ3n) is 4.38. The predicted octanol–water partition coefficient (Wildman–Crippen LogP) is 2.92. The minimum atomic E-state index is -3.28. The molecule has 0 aliphatic carbocycles. The molecule has 0 radical (unpaired) electrons. The summed E-state index contributed by atoms with van der Waals surface area (Å²) in [6, 6.07) is 8.18. The summed E-state index contributed by atoms with van der Waals surface area (Å²) in [5.74, 6) is -2.65. The molecule has 1 N–H and O–H groups in total. The molecule has 3 rings (SSSR count). The lowest BCUT2D eigenvalue weighted by Crippen LogP contribution is -2.36. The molecule has 26 heavy (non-hydrogen) atoms. The minimum Gasteiger partial charge on any atom is -0.322 e. The number of sulfonamides is 1. The third kappa shape index (κ3) is 3.76. The Morgan fingerprint density at radius 1 is 1.12 bits per heavy atom. The Labute approximate surface area is 150 Å². The zero-order valence-corrected chi connectivity index (χ0v) is 14.9. The number of rotatable bonds is 4. The van der Waals surface area contributed by atoms with Gasteiger partial charge in [0, 0.05) is 24.3 Å². The van der Waals surface area contributed by atoms with Crippen LogP contribution in [0.3, 0.4) is 0 Å². The monoisotopic (exact) mass is 380 g/mol. The first kappa shape index (κ1) is 18.5. The van der Waals surface area contributed by atoms with E-state index in [1.807, 2.05) is 6.07 Å². The average molecular weight is 380 g/mol. The van der Waals surface area contributed by atoms with Crippen molar-refractivity contribution in [3.8, 4) is 0 Å². The van der Waals surface area contributed by atoms with E-state index in [4.69, 9.17) is 0 Å². The molecule has 0 saturated heterocycles. The van der Waals surface area contributed by atoms with Gasteiger partial charge in [0.1, 0.15) is 0 Å². The van der Waals surface area contributed by atoms with Gasteiger partial charge in [-0.25, -0.2) is 17.2 Å². The smallest absolute Gasteiger partial charge is 0.255 e. The molecule has 8 heteroatoms. The number of carbonyl (C=O) groups is 1. The van der Waals surface area contributed by atoms with E-state index < -0.39 is 27.6 Å². The molecule has 0 unspecified atom stereocenters. The maximum Gasteiger partial charge on any atom is 0.255 e. The molecule has 0 saturated carbocycles. The Kier molecular flexibility index (Phi) is 5.06. The molecule has 0 spiro atoms. The maximum absolute atomic E-state index is 13.3. The van der Waals surface area contributed by atoms with E-state index in [9.17, 15) is 22.0 Å². The van der Waals surface area contributed by atoms with E-state index in [1.54, 1.807) is 19.1 Å². The Morgan fingerprint density at radius 3 is 2.58 bits per heavy atom. The number of amides is 1. The van der Waals surface area contributed by atoms with Gasteiger partial charge in [-0.15, -0.1) is 0 Å². The number of nitrogens with one attached hydrogen (secondary N) is 1. The molecule has 1 aliphatic rings. The molecule has 5 nitrogen and oxygen atoms in total. The van der Waals surface area contributed by atoms with Crippen LogP contribution in [0.5, 0.6) is 0 Å². The van der Waals surface area contributed by atoms with Crippen LogP contribution in [-0.4, -0.2) is 30.9 Å². The first-order valence-corrected chi connectivity index (χ1v) is 9.77. The summed E-state index contributed by atoms with van der Waals surface area (Å²) in [4.78, 5) is 12.2. The molecule has 0 bridgehead atoms. The van der Waals surface area contributed by atoms with Crippen LogP contribution >= 0.6 is 0 Å². The molecule has 1 amide bonds. The number of fused-ring (bicyclic) bond motifs is 1. The zero-order chi connectivity index (χ0) is 18.9. The summed E-state index contributed by atoms with van der Waals surface area (Å²) in [5.41, 5.74) is 2.31. The van der Waals surface area contributed by atoms with Crippen molar-refractivity contribution in [3.05, 3.63) is 64.7 Å². The highest BCUT2D eigenvalue weighted by Crippen LogP contribution is 2.25. The lowest BCUT2D eigenvalue weighted by atomic mass is 10.0. The first-order valence-electron chi connectivity index (χ1n) is 8.16. The van der Waals surface area contributed by atoms with Crippen LogP contribution in [0.15, 0.2) is 36.4 Å². The van der Waals surface area contributed by atoms with Gasteiger partial charge < -0.3 is 5.32 Å². The summed E-state index contributed by atoms with van der Waals surface area (Å²) in [6.45, 7) is 2.29. The van der Waals surface area contributed by atoms with Gasteiger partial charge in [-0.1, -0.05) is 6.07 Å². The minimum absolute atomic E-state index is 0.00296. The van der Waals surface area contributed by atoms with Crippen molar-refractivity contribution in [2.24, 2.45) is 0 Å². The molecule has 138 valence electrons. The summed E-state index contributed by atoms with van der Waals surface area (Å²) < 4.78 is 51.8. The van der Waals surface area contributed by atoms with Gasteiger partial charge in [0.2, 0.25) is 10.0 Å². The summed E-state index contributed by atoms with van der Waals surface area (Å²) in [5, 5.41) is 2.63. The molecule has 0 atom stereocenters. The largest absolute Gasteiger partial charge is 0.322 e. The zero-order valence-electron chi connectivity index (χ0n) is 14.1. The van der Waals surface area contributed by atoms with Crippen molar-refractivity contribution in [2.75, 3.05) is 17.6 Å². The van der Waals surface area contributed by atoms with Gasteiger partial charge in [0.05, 0.1) is 5.75 Å². The van der Waals surface area contributed by atoms with Crippen molar-refractivity contribution in [2.45, 2.75) is 19.9 Å². The number of hydrogen-bond donors (Lipinski definition) is 1. The second-order valence-electron chi connectivity index (χ2n) is 6.05. The van der Waals surface area contributed by atoms with Gasteiger partial charge in [-0.3, -0.25) is 4.79 Å². The van der Waals surface area contributed by atoms with Crippen molar-refractivity contribution in [1.29, 1.82) is 0 Å². The lowest BCUT2D eigenvalue weighted by Gasteiger charge is -2.28. The van der Waals surface area contributed by atoms with E-state index in [0.29, 0.717) is 18.7 Å². The number of benzene rings is 2. The van der Waals surface area contributed by atoms with Gasteiger partial charge >= 0.3 is 0 Å². The van der Waals surface area contributed by atoms with Crippen molar-refractivity contribution >= 4 is 21.6 Å². The van der Waals surface area contributed by atoms with Crippen LogP contribution in [0.4, 0.5) is 14.5 Å². The highest BCUT2D eigenvalue weighted by Gasteiger charge is 2.25. The lowest BCUT2D eigenvalue weighted by molar-refractivity contribution is 0.102. The van der Waals surface area contributed by atoms with E-state index in [0.717, 1.165) is 23.3 Å². The molecule has 0 fully saturated rings. The van der Waals surface area contributed by atoms with Crippen LogP contribution < -0.4 is 5.32 Å². The third-order valence-corrected chi connectivity index (χ3v) is 6.21. The normalized spacial score (nSPS) is 14.7. The second kappa shape index (κ2) is 7.13. The fourth-order valence-corrected chi connectivity index (χ4v) is 3.94. The summed E-state index contributed by atoms with van der Waals surface area (Å²) >= 11 is 0. The molecule has 1 heterocycles. The molecule has 0 aromatic heterocycles. The fraction of sp³-hybridized carbons (Fsp3) is 0.278. The second-order valence-corrected chi connectivity index (χ2v) is 8.31. The maximum atomic E-state index is 13.3. The number of halogens is 2. The topological polar surface area (TPSA) is 66.5 Å². The number of anilines is 1. The van der Waals surface area contributed by atoms with E-state index in [-0.39, 0.29) is 17.9 Å². The Hall–Kier alpha value is -2.32. The summed E-state index contributed by atoms with van der Waals surface area (Å²) in [6.07, 6.45) is 0.603. The highest BCUT2D eigenvalue weighted by molar-refractivity contribution is 7.89. The van der Waals surface area contributed by atoms with Crippen LogP contribution in [0.1, 0.15) is 28.4 Å². The first-order chi connectivity index (χ1) is 12.3. The average Bonchev–Trinajstić information content (AvgIpc) is 2.63. The molecule has 2 aromatic rings. The molecular weight excluding hydrogens is 362 g/mol. The van der Waals surface area contributed by atoms with E-state index in [1.165, 1.54) is 10.4 Å². The predicted molar refractivity (Wildman–Crippen MR) is 94.3 cm³/mol. The van der Waals surface area contributed by atoms with Gasteiger partial charge in [0.15, 0.2) is 11.6 Å². The van der Waals surface area contributed by atoms with Crippen LogP contribution in [0.25, 0.3) is 0 Å². The highest BCUT2D eigenvalue weighted by atomic mass is 32.2. The SMILES string of the molecule is CCS(=O)(=O)N1CCc2ccc(NC(=O)c3ccc(F)c(F)c3)cc2C1. The number of carbonyl (C=O) groups excluding carboxylic acids is 1. The summed E-state index contributed by atoms with van der Waals surface area (Å²) in [7, 11) is -3.28. The van der Waals surface area contributed by atoms with Crippen molar-refractivity contribution in [1.82, 2.24) is 4.31 Å². The molecule has 2 aromatic carbocycles. The fourth-order valence-electron chi connectivity index (χ4n) is 2.87. The quantitative estimate of drug-likeness (QED) is 0.887. The van der Waals surface area contributed by atoms with E-state index >= 15 is 0 Å². The van der Waals surface area contributed by atoms with Crippen molar-refractivity contribution in [3.63, 3.8) is 0 Å². The molecular formula is C18H18F2N2O3S. The van der Waals surface area contributed by atoms with Crippen LogP contribution in [-0.2, 0) is 23.0 Å². The van der Waals surface area contributed by atoms with Gasteiger partial charge in [0.25, 0.3) is 5.91 Å². The molecule has 1 aliphatic heterocycles.